The average Bonchev–Trinajstić information content (AvgIpc) is 2.36. The fourth-order valence-corrected chi connectivity index (χ4v) is 1.43. The van der Waals surface area contributed by atoms with Gasteiger partial charge in [0.1, 0.15) is 11.7 Å². The molecule has 0 saturated heterocycles. The average molecular weight is 330 g/mol. The van der Waals surface area contributed by atoms with E-state index in [9.17, 15) is 35.9 Å². The molecule has 0 fully saturated rings. The summed E-state index contributed by atoms with van der Waals surface area (Å²) in [5.74, 6) is -4.31. The number of alkyl halides is 6. The molecule has 1 aromatic heterocycles. The highest BCUT2D eigenvalue weighted by Gasteiger charge is 2.41. The van der Waals surface area contributed by atoms with Crippen LogP contribution in [0.3, 0.4) is 0 Å². The molecule has 0 spiro atoms. The first-order chi connectivity index (χ1) is 9.91. The van der Waals surface area contributed by atoms with Crippen LogP contribution in [0, 0.1) is 0 Å². The van der Waals surface area contributed by atoms with Gasteiger partial charge in [0.05, 0.1) is 0 Å². The van der Waals surface area contributed by atoms with Gasteiger partial charge >= 0.3 is 24.2 Å². The van der Waals surface area contributed by atoms with Crippen LogP contribution < -0.4 is 5.32 Å². The highest BCUT2D eigenvalue weighted by Crippen LogP contribution is 2.28. The topological polar surface area (TPSA) is 79.3 Å². The van der Waals surface area contributed by atoms with Crippen LogP contribution in [0.5, 0.6) is 0 Å². The van der Waals surface area contributed by atoms with Crippen molar-refractivity contribution in [2.75, 3.05) is 0 Å². The maximum atomic E-state index is 12.4. The molecule has 1 unspecified atom stereocenters. The molecule has 1 aromatic rings. The quantitative estimate of drug-likeness (QED) is 0.825. The summed E-state index contributed by atoms with van der Waals surface area (Å²) in [6.07, 6.45) is -10.1. The summed E-state index contributed by atoms with van der Waals surface area (Å²) in [7, 11) is 0. The number of hydrogen-bond acceptors (Lipinski definition) is 3. The van der Waals surface area contributed by atoms with Crippen LogP contribution in [-0.2, 0) is 22.2 Å². The van der Waals surface area contributed by atoms with Crippen LogP contribution >= 0.6 is 0 Å². The monoisotopic (exact) mass is 330 g/mol. The van der Waals surface area contributed by atoms with Crippen molar-refractivity contribution in [3.05, 3.63) is 29.6 Å². The van der Waals surface area contributed by atoms with Crippen LogP contribution in [0.15, 0.2) is 18.3 Å². The third-order valence-electron chi connectivity index (χ3n) is 2.42. The molecule has 122 valence electrons. The second-order valence-corrected chi connectivity index (χ2v) is 4.11. The second-order valence-electron chi connectivity index (χ2n) is 4.11. The first-order valence-electron chi connectivity index (χ1n) is 5.54. The third kappa shape index (κ3) is 4.90. The molecule has 1 rings (SSSR count). The standard InChI is InChI=1S/C11H8F6N2O3/c12-10(13,14)7-4-5(1-2-18-7)3-6(8(20)21)19-9(22)11(15,16)17/h1-2,4,6H,3H2,(H,19,22)(H,20,21). The zero-order chi connectivity index (χ0) is 17.1. The maximum Gasteiger partial charge on any atom is 0.471 e. The van der Waals surface area contributed by atoms with E-state index >= 15 is 0 Å². The Hall–Kier alpha value is -2.33. The van der Waals surface area contributed by atoms with Crippen LogP contribution in [0.25, 0.3) is 0 Å². The second kappa shape index (κ2) is 6.20. The Morgan fingerprint density at radius 3 is 2.27 bits per heavy atom. The lowest BCUT2D eigenvalue weighted by molar-refractivity contribution is -0.175. The van der Waals surface area contributed by atoms with E-state index in [4.69, 9.17) is 5.11 Å². The maximum absolute atomic E-state index is 12.4. The molecule has 0 saturated carbocycles. The Balaban J connectivity index is 2.93. The molecule has 22 heavy (non-hydrogen) atoms. The van der Waals surface area contributed by atoms with Crippen molar-refractivity contribution < 1.29 is 41.0 Å². The lowest BCUT2D eigenvalue weighted by atomic mass is 10.1. The summed E-state index contributed by atoms with van der Waals surface area (Å²) in [4.78, 5) is 24.6. The molecule has 0 aliphatic heterocycles. The summed E-state index contributed by atoms with van der Waals surface area (Å²) in [6.45, 7) is 0. The van der Waals surface area contributed by atoms with E-state index in [-0.39, 0.29) is 5.56 Å². The summed E-state index contributed by atoms with van der Waals surface area (Å²) in [6, 6.07) is -0.529. The molecule has 11 heteroatoms. The van der Waals surface area contributed by atoms with Crippen molar-refractivity contribution in [2.45, 2.75) is 24.8 Å². The smallest absolute Gasteiger partial charge is 0.471 e. The van der Waals surface area contributed by atoms with Gasteiger partial charge in [0, 0.05) is 12.6 Å². The molecule has 0 radical (unpaired) electrons. The molecule has 0 aliphatic rings. The van der Waals surface area contributed by atoms with E-state index in [0.29, 0.717) is 6.07 Å². The fraction of sp³-hybridized carbons (Fsp3) is 0.364. The van der Waals surface area contributed by atoms with E-state index in [1.165, 1.54) is 5.32 Å². The van der Waals surface area contributed by atoms with E-state index in [1.54, 1.807) is 0 Å². The Labute approximate surface area is 119 Å². The van der Waals surface area contributed by atoms with Crippen LogP contribution in [0.2, 0.25) is 0 Å². The molecule has 0 aliphatic carbocycles. The Kier molecular flexibility index (Phi) is 4.99. The number of hydrogen-bond donors (Lipinski definition) is 2. The Bertz CT molecular complexity index is 570. The SMILES string of the molecule is O=C(O)C(Cc1ccnc(C(F)(F)F)c1)NC(=O)C(F)(F)F. The number of carboxylic acid groups (broad SMARTS) is 1. The van der Waals surface area contributed by atoms with Gasteiger partial charge in [-0.25, -0.2) is 4.79 Å². The molecule has 0 aromatic carbocycles. The predicted octanol–water partition coefficient (Wildman–Crippen LogP) is 1.77. The number of aliphatic carboxylic acids is 1. The Morgan fingerprint density at radius 2 is 1.82 bits per heavy atom. The zero-order valence-corrected chi connectivity index (χ0v) is 10.5. The van der Waals surface area contributed by atoms with Gasteiger partial charge < -0.3 is 10.4 Å². The minimum absolute atomic E-state index is 0.239. The minimum atomic E-state index is -5.30. The summed E-state index contributed by atoms with van der Waals surface area (Å²) < 4.78 is 73.5. The highest BCUT2D eigenvalue weighted by atomic mass is 19.4. The van der Waals surface area contributed by atoms with E-state index in [2.05, 4.69) is 4.98 Å². The molecule has 5 nitrogen and oxygen atoms in total. The van der Waals surface area contributed by atoms with Crippen molar-refractivity contribution >= 4 is 11.9 Å². The number of pyridine rings is 1. The van der Waals surface area contributed by atoms with Gasteiger partial charge in [-0.3, -0.25) is 9.78 Å². The Morgan fingerprint density at radius 1 is 1.23 bits per heavy atom. The number of nitrogens with one attached hydrogen (secondary N) is 1. The van der Waals surface area contributed by atoms with Crippen LogP contribution in [0.4, 0.5) is 26.3 Å². The van der Waals surface area contributed by atoms with Crippen molar-refractivity contribution in [3.8, 4) is 0 Å². The predicted molar refractivity (Wildman–Crippen MR) is 58.6 cm³/mol. The first kappa shape index (κ1) is 17.7. The van der Waals surface area contributed by atoms with Crippen LogP contribution in [0.1, 0.15) is 11.3 Å². The number of carbonyl (C=O) groups excluding carboxylic acids is 1. The lowest BCUT2D eigenvalue weighted by Crippen LogP contribution is -2.47. The summed E-state index contributed by atoms with van der Waals surface area (Å²) in [5, 5.41) is 9.96. The number of aromatic nitrogens is 1. The molecule has 2 N–H and O–H groups in total. The van der Waals surface area contributed by atoms with Gasteiger partial charge in [0.15, 0.2) is 0 Å². The fourth-order valence-electron chi connectivity index (χ4n) is 1.43. The molecule has 1 heterocycles. The lowest BCUT2D eigenvalue weighted by Gasteiger charge is -2.16. The van der Waals surface area contributed by atoms with Crippen molar-refractivity contribution in [1.82, 2.24) is 10.3 Å². The third-order valence-corrected chi connectivity index (χ3v) is 2.42. The molecule has 1 atom stereocenters. The van der Waals surface area contributed by atoms with Crippen molar-refractivity contribution in [2.24, 2.45) is 0 Å². The summed E-state index contributed by atoms with van der Waals surface area (Å²) in [5.41, 5.74) is -1.56. The zero-order valence-electron chi connectivity index (χ0n) is 10.5. The number of carbonyl (C=O) groups is 2. The molecular formula is C11H8F6N2O3. The molecule has 1 amide bonds. The number of rotatable bonds is 4. The largest absolute Gasteiger partial charge is 0.480 e. The first-order valence-corrected chi connectivity index (χ1v) is 5.54. The van der Waals surface area contributed by atoms with E-state index in [0.717, 1.165) is 12.3 Å². The summed E-state index contributed by atoms with van der Waals surface area (Å²) >= 11 is 0. The normalized spacial score (nSPS) is 13.5. The van der Waals surface area contributed by atoms with Gasteiger partial charge in [-0.05, 0) is 17.7 Å². The van der Waals surface area contributed by atoms with Gasteiger partial charge in [-0.1, -0.05) is 0 Å². The van der Waals surface area contributed by atoms with Crippen molar-refractivity contribution in [1.29, 1.82) is 0 Å². The van der Waals surface area contributed by atoms with E-state index in [1.807, 2.05) is 0 Å². The van der Waals surface area contributed by atoms with Gasteiger partial charge in [0.25, 0.3) is 0 Å². The number of nitrogens with zero attached hydrogens (tertiary/aromatic N) is 1. The number of halogens is 6. The number of amides is 1. The van der Waals surface area contributed by atoms with Crippen LogP contribution in [-0.4, -0.2) is 34.2 Å². The molecular weight excluding hydrogens is 322 g/mol. The van der Waals surface area contributed by atoms with Gasteiger partial charge in [0.2, 0.25) is 0 Å². The van der Waals surface area contributed by atoms with Crippen molar-refractivity contribution in [3.63, 3.8) is 0 Å². The van der Waals surface area contributed by atoms with Gasteiger partial charge in [-0.2, -0.15) is 26.3 Å². The molecule has 0 bridgehead atoms. The number of carboxylic acids is 1. The highest BCUT2D eigenvalue weighted by molar-refractivity contribution is 5.87. The van der Waals surface area contributed by atoms with E-state index < -0.39 is 42.4 Å². The minimum Gasteiger partial charge on any atom is -0.480 e. The van der Waals surface area contributed by atoms with Gasteiger partial charge in [-0.15, -0.1) is 0 Å².